The SMILES string of the molecule is C/C=C\C=C(/C)N1CC(C)CC1=O.CC.CC. The van der Waals surface area contributed by atoms with Gasteiger partial charge in [0.05, 0.1) is 0 Å². The van der Waals surface area contributed by atoms with Gasteiger partial charge in [0.1, 0.15) is 0 Å². The van der Waals surface area contributed by atoms with Crippen LogP contribution in [0.25, 0.3) is 0 Å². The van der Waals surface area contributed by atoms with E-state index < -0.39 is 0 Å². The van der Waals surface area contributed by atoms with E-state index in [1.807, 2.05) is 64.7 Å². The molecular formula is C15H29NO. The number of rotatable bonds is 2. The van der Waals surface area contributed by atoms with E-state index in [-0.39, 0.29) is 5.91 Å². The van der Waals surface area contributed by atoms with Crippen molar-refractivity contribution in [2.24, 2.45) is 5.92 Å². The molecule has 17 heavy (non-hydrogen) atoms. The first-order valence-corrected chi connectivity index (χ1v) is 6.75. The molecule has 1 amide bonds. The minimum atomic E-state index is 0.255. The molecule has 1 unspecified atom stereocenters. The molecule has 0 bridgehead atoms. The molecule has 1 aliphatic heterocycles. The van der Waals surface area contributed by atoms with Gasteiger partial charge in [0, 0.05) is 18.7 Å². The molecule has 0 aromatic heterocycles. The fourth-order valence-electron chi connectivity index (χ4n) is 1.55. The number of hydrogen-bond donors (Lipinski definition) is 0. The third-order valence-corrected chi connectivity index (χ3v) is 2.27. The highest BCUT2D eigenvalue weighted by Gasteiger charge is 2.26. The molecule has 0 spiro atoms. The predicted molar refractivity (Wildman–Crippen MR) is 76.8 cm³/mol. The standard InChI is InChI=1S/C11H17NO.2C2H6/c1-4-5-6-10(3)12-8-9(2)7-11(12)13;2*1-2/h4-6,9H,7-8H2,1-3H3;2*1-2H3/b5-4-,10-6+;;. The van der Waals surface area contributed by atoms with Crippen molar-refractivity contribution in [2.75, 3.05) is 6.54 Å². The Morgan fingerprint density at radius 1 is 1.29 bits per heavy atom. The maximum Gasteiger partial charge on any atom is 0.227 e. The van der Waals surface area contributed by atoms with Gasteiger partial charge in [-0.1, -0.05) is 46.8 Å². The fraction of sp³-hybridized carbons (Fsp3) is 0.667. The number of carbonyl (C=O) groups is 1. The van der Waals surface area contributed by atoms with Crippen molar-refractivity contribution >= 4 is 5.91 Å². The molecule has 0 aromatic rings. The van der Waals surface area contributed by atoms with Crippen LogP contribution in [-0.2, 0) is 4.79 Å². The summed E-state index contributed by atoms with van der Waals surface area (Å²) >= 11 is 0. The molecule has 0 aromatic carbocycles. The average molecular weight is 239 g/mol. The van der Waals surface area contributed by atoms with Gasteiger partial charge in [-0.15, -0.1) is 0 Å². The lowest BCUT2D eigenvalue weighted by Gasteiger charge is -2.15. The van der Waals surface area contributed by atoms with Crippen molar-refractivity contribution in [1.82, 2.24) is 4.90 Å². The van der Waals surface area contributed by atoms with Crippen LogP contribution in [0.1, 0.15) is 54.9 Å². The molecule has 0 aliphatic carbocycles. The Labute approximate surface area is 107 Å². The van der Waals surface area contributed by atoms with E-state index in [0.29, 0.717) is 12.3 Å². The maximum atomic E-state index is 11.5. The van der Waals surface area contributed by atoms with E-state index >= 15 is 0 Å². The Hall–Kier alpha value is -1.05. The molecule has 0 saturated carbocycles. The van der Waals surface area contributed by atoms with E-state index in [1.54, 1.807) is 0 Å². The van der Waals surface area contributed by atoms with Crippen LogP contribution >= 0.6 is 0 Å². The molecule has 0 N–H and O–H groups in total. The zero-order valence-corrected chi connectivity index (χ0v) is 12.6. The minimum absolute atomic E-state index is 0.255. The van der Waals surface area contributed by atoms with Crippen molar-refractivity contribution in [3.63, 3.8) is 0 Å². The van der Waals surface area contributed by atoms with Crippen LogP contribution in [0, 0.1) is 5.92 Å². The highest BCUT2D eigenvalue weighted by atomic mass is 16.2. The first-order chi connectivity index (χ1) is 8.15. The second kappa shape index (κ2) is 11.4. The van der Waals surface area contributed by atoms with Crippen molar-refractivity contribution in [3.05, 3.63) is 23.9 Å². The molecule has 0 radical (unpaired) electrons. The lowest BCUT2D eigenvalue weighted by Crippen LogP contribution is -2.22. The van der Waals surface area contributed by atoms with Crippen molar-refractivity contribution in [2.45, 2.75) is 54.9 Å². The van der Waals surface area contributed by atoms with Crippen LogP contribution in [0.15, 0.2) is 23.9 Å². The van der Waals surface area contributed by atoms with Gasteiger partial charge in [-0.05, 0) is 25.8 Å². The highest BCUT2D eigenvalue weighted by Crippen LogP contribution is 2.20. The molecule has 1 rings (SSSR count). The summed E-state index contributed by atoms with van der Waals surface area (Å²) in [7, 11) is 0. The van der Waals surface area contributed by atoms with Gasteiger partial charge >= 0.3 is 0 Å². The van der Waals surface area contributed by atoms with Crippen molar-refractivity contribution < 1.29 is 4.79 Å². The molecular weight excluding hydrogens is 210 g/mol. The summed E-state index contributed by atoms with van der Waals surface area (Å²) in [5.41, 5.74) is 1.05. The molecule has 1 aliphatic rings. The summed E-state index contributed by atoms with van der Waals surface area (Å²) in [6.07, 6.45) is 6.61. The summed E-state index contributed by atoms with van der Waals surface area (Å²) < 4.78 is 0. The lowest BCUT2D eigenvalue weighted by atomic mass is 10.2. The van der Waals surface area contributed by atoms with Crippen molar-refractivity contribution in [3.8, 4) is 0 Å². The van der Waals surface area contributed by atoms with Crippen LogP contribution in [-0.4, -0.2) is 17.4 Å². The number of amides is 1. The first kappa shape index (κ1) is 18.3. The second-order valence-electron chi connectivity index (χ2n) is 3.65. The van der Waals surface area contributed by atoms with E-state index in [2.05, 4.69) is 6.92 Å². The highest BCUT2D eigenvalue weighted by molar-refractivity contribution is 5.80. The topological polar surface area (TPSA) is 20.3 Å². The predicted octanol–water partition coefficient (Wildman–Crippen LogP) is 4.39. The van der Waals surface area contributed by atoms with Gasteiger partial charge in [0.2, 0.25) is 5.91 Å². The van der Waals surface area contributed by atoms with Gasteiger partial charge < -0.3 is 4.90 Å². The molecule has 1 fully saturated rings. The molecule has 1 heterocycles. The molecule has 2 heteroatoms. The second-order valence-corrected chi connectivity index (χ2v) is 3.65. The zero-order chi connectivity index (χ0) is 13.8. The lowest BCUT2D eigenvalue weighted by molar-refractivity contribution is -0.126. The van der Waals surface area contributed by atoms with Crippen molar-refractivity contribution in [1.29, 1.82) is 0 Å². The molecule has 1 atom stereocenters. The van der Waals surface area contributed by atoms with E-state index in [1.165, 1.54) is 0 Å². The summed E-state index contributed by atoms with van der Waals surface area (Å²) in [5.74, 6) is 0.757. The smallest absolute Gasteiger partial charge is 0.227 e. The zero-order valence-electron chi connectivity index (χ0n) is 12.6. The fourth-order valence-corrected chi connectivity index (χ4v) is 1.55. The third kappa shape index (κ3) is 6.98. The van der Waals surface area contributed by atoms with E-state index in [4.69, 9.17) is 0 Å². The minimum Gasteiger partial charge on any atom is -0.316 e. The largest absolute Gasteiger partial charge is 0.316 e. The number of nitrogens with zero attached hydrogens (tertiary/aromatic N) is 1. The van der Waals surface area contributed by atoms with Gasteiger partial charge in [-0.2, -0.15) is 0 Å². The van der Waals surface area contributed by atoms with E-state index in [9.17, 15) is 4.79 Å². The van der Waals surface area contributed by atoms with Crippen LogP contribution in [0.5, 0.6) is 0 Å². The van der Waals surface area contributed by atoms with Crippen LogP contribution in [0.2, 0.25) is 0 Å². The number of allylic oxidation sites excluding steroid dienone is 4. The average Bonchev–Trinajstić information content (AvgIpc) is 2.70. The van der Waals surface area contributed by atoms with Gasteiger partial charge in [0.25, 0.3) is 0 Å². The summed E-state index contributed by atoms with van der Waals surface area (Å²) in [6, 6.07) is 0. The Morgan fingerprint density at radius 3 is 2.18 bits per heavy atom. The Bertz CT molecular complexity index is 254. The number of hydrogen-bond acceptors (Lipinski definition) is 1. The monoisotopic (exact) mass is 239 g/mol. The number of carbonyl (C=O) groups excluding carboxylic acids is 1. The normalized spacial score (nSPS) is 19.7. The quantitative estimate of drug-likeness (QED) is 0.655. The number of likely N-dealkylation sites (tertiary alicyclic amines) is 1. The van der Waals surface area contributed by atoms with E-state index in [0.717, 1.165) is 12.2 Å². The third-order valence-electron chi connectivity index (χ3n) is 2.27. The summed E-state index contributed by atoms with van der Waals surface area (Å²) in [4.78, 5) is 13.3. The Balaban J connectivity index is 0. The van der Waals surface area contributed by atoms with Crippen LogP contribution in [0.3, 0.4) is 0 Å². The summed E-state index contributed by atoms with van der Waals surface area (Å²) in [6.45, 7) is 14.9. The molecule has 2 nitrogen and oxygen atoms in total. The van der Waals surface area contributed by atoms with Crippen LogP contribution in [0.4, 0.5) is 0 Å². The van der Waals surface area contributed by atoms with Crippen LogP contribution < -0.4 is 0 Å². The maximum absolute atomic E-state index is 11.5. The van der Waals surface area contributed by atoms with Gasteiger partial charge in [0.15, 0.2) is 0 Å². The Kier molecular flexibility index (Phi) is 12.3. The molecule has 1 saturated heterocycles. The summed E-state index contributed by atoms with van der Waals surface area (Å²) in [5, 5.41) is 0. The van der Waals surface area contributed by atoms with Gasteiger partial charge in [-0.3, -0.25) is 4.79 Å². The molecule has 100 valence electrons. The van der Waals surface area contributed by atoms with Gasteiger partial charge in [-0.25, -0.2) is 0 Å². The Morgan fingerprint density at radius 2 is 1.82 bits per heavy atom. The first-order valence-electron chi connectivity index (χ1n) is 6.75.